The molecule has 2 nitrogen and oxygen atoms in total. The predicted octanol–water partition coefficient (Wildman–Crippen LogP) is 2.11. The van der Waals surface area contributed by atoms with E-state index in [1.807, 2.05) is 6.07 Å². The number of hydrogen-bond donors (Lipinski definition) is 2. The lowest BCUT2D eigenvalue weighted by atomic mass is 10.3. The summed E-state index contributed by atoms with van der Waals surface area (Å²) in [6, 6.07) is 3.57. The molecule has 1 rings (SSSR count). The first kappa shape index (κ1) is 7.94. The Hall–Kier alpha value is -0.160. The number of hydrogen-bond acceptors (Lipinski definition) is 2. The van der Waals surface area contributed by atoms with Gasteiger partial charge in [0.15, 0.2) is 0 Å². The maximum Gasteiger partial charge on any atom is 0.0789 e. The van der Waals surface area contributed by atoms with E-state index in [4.69, 9.17) is 23.1 Å². The van der Waals surface area contributed by atoms with Crippen LogP contribution in [0.2, 0.25) is 5.02 Å². The van der Waals surface area contributed by atoms with Gasteiger partial charge in [0.2, 0.25) is 0 Å². The van der Waals surface area contributed by atoms with Crippen LogP contribution in [-0.4, -0.2) is 0 Å². The van der Waals surface area contributed by atoms with Crippen molar-refractivity contribution >= 4 is 45.6 Å². The Morgan fingerprint density at radius 1 is 1.30 bits per heavy atom. The Kier molecular flexibility index (Phi) is 2.25. The van der Waals surface area contributed by atoms with Crippen molar-refractivity contribution in [3.8, 4) is 0 Å². The molecule has 10 heavy (non-hydrogen) atoms. The summed E-state index contributed by atoms with van der Waals surface area (Å²) in [5.74, 6) is 0. The highest BCUT2D eigenvalue weighted by Gasteiger charge is 2.02. The molecular formula is C6H6ClIN2. The van der Waals surface area contributed by atoms with Gasteiger partial charge in [-0.15, -0.1) is 0 Å². The highest BCUT2D eigenvalue weighted by molar-refractivity contribution is 14.1. The van der Waals surface area contributed by atoms with Gasteiger partial charge in [0, 0.05) is 3.57 Å². The van der Waals surface area contributed by atoms with Crippen molar-refractivity contribution in [1.29, 1.82) is 0 Å². The molecule has 0 fully saturated rings. The van der Waals surface area contributed by atoms with Crippen LogP contribution in [0.15, 0.2) is 12.1 Å². The lowest BCUT2D eigenvalue weighted by Crippen LogP contribution is -1.95. The molecular weight excluding hydrogens is 262 g/mol. The molecule has 4 N–H and O–H groups in total. The monoisotopic (exact) mass is 268 g/mol. The first-order valence-corrected chi connectivity index (χ1v) is 4.07. The molecule has 0 saturated carbocycles. The molecule has 0 heterocycles. The van der Waals surface area contributed by atoms with Gasteiger partial charge in [0.05, 0.1) is 16.4 Å². The first-order chi connectivity index (χ1) is 4.63. The molecule has 0 amide bonds. The summed E-state index contributed by atoms with van der Waals surface area (Å²) in [5.41, 5.74) is 12.0. The van der Waals surface area contributed by atoms with Crippen molar-refractivity contribution < 1.29 is 0 Å². The topological polar surface area (TPSA) is 52.0 Å². The van der Waals surface area contributed by atoms with E-state index in [1.54, 1.807) is 6.07 Å². The molecule has 0 unspecified atom stereocenters. The number of rotatable bonds is 0. The van der Waals surface area contributed by atoms with Crippen LogP contribution < -0.4 is 11.5 Å². The summed E-state index contributed by atoms with van der Waals surface area (Å²) in [7, 11) is 0. The first-order valence-electron chi connectivity index (χ1n) is 2.62. The summed E-state index contributed by atoms with van der Waals surface area (Å²) >= 11 is 7.87. The Balaban J connectivity index is 3.34. The highest BCUT2D eigenvalue weighted by atomic mass is 127. The average Bonchev–Trinajstić information content (AvgIpc) is 1.93. The van der Waals surface area contributed by atoms with E-state index in [0.29, 0.717) is 16.4 Å². The standard InChI is InChI=1S/C6H6ClIN2/c7-5-3(8)1-2-4(9)6(5)10/h1-2H,9-10H2. The Morgan fingerprint density at radius 2 is 1.90 bits per heavy atom. The Labute approximate surface area is 77.7 Å². The lowest BCUT2D eigenvalue weighted by molar-refractivity contribution is 1.62. The van der Waals surface area contributed by atoms with Gasteiger partial charge in [0.25, 0.3) is 0 Å². The van der Waals surface area contributed by atoms with Crippen LogP contribution in [0.1, 0.15) is 0 Å². The largest absolute Gasteiger partial charge is 0.397 e. The summed E-state index contributed by atoms with van der Waals surface area (Å²) in [4.78, 5) is 0. The minimum atomic E-state index is 0.466. The fourth-order valence-electron chi connectivity index (χ4n) is 0.581. The van der Waals surface area contributed by atoms with Crippen molar-refractivity contribution in [1.82, 2.24) is 0 Å². The van der Waals surface area contributed by atoms with Gasteiger partial charge in [-0.1, -0.05) is 11.6 Å². The van der Waals surface area contributed by atoms with E-state index in [-0.39, 0.29) is 0 Å². The molecule has 1 aromatic rings. The summed E-state index contributed by atoms with van der Waals surface area (Å²) in [6.45, 7) is 0. The van der Waals surface area contributed by atoms with E-state index in [0.717, 1.165) is 3.57 Å². The van der Waals surface area contributed by atoms with E-state index in [1.165, 1.54) is 0 Å². The zero-order valence-electron chi connectivity index (χ0n) is 5.07. The van der Waals surface area contributed by atoms with E-state index in [9.17, 15) is 0 Å². The van der Waals surface area contributed by atoms with Gasteiger partial charge in [0.1, 0.15) is 0 Å². The molecule has 0 atom stereocenters. The zero-order chi connectivity index (χ0) is 7.72. The molecule has 0 aromatic heterocycles. The van der Waals surface area contributed by atoms with Crippen LogP contribution in [0.5, 0.6) is 0 Å². The molecule has 0 aliphatic rings. The third-order valence-corrected chi connectivity index (χ3v) is 2.79. The van der Waals surface area contributed by atoms with Crippen LogP contribution in [0.3, 0.4) is 0 Å². The van der Waals surface area contributed by atoms with Crippen LogP contribution in [-0.2, 0) is 0 Å². The van der Waals surface area contributed by atoms with E-state index < -0.39 is 0 Å². The maximum atomic E-state index is 5.77. The van der Waals surface area contributed by atoms with Crippen LogP contribution in [0.4, 0.5) is 11.4 Å². The minimum absolute atomic E-state index is 0.466. The van der Waals surface area contributed by atoms with Gasteiger partial charge < -0.3 is 11.5 Å². The average molecular weight is 268 g/mol. The second kappa shape index (κ2) is 2.84. The van der Waals surface area contributed by atoms with Gasteiger partial charge >= 0.3 is 0 Å². The van der Waals surface area contributed by atoms with Crippen LogP contribution >= 0.6 is 34.2 Å². The fourth-order valence-corrected chi connectivity index (χ4v) is 1.22. The molecule has 0 bridgehead atoms. The number of nitrogens with two attached hydrogens (primary N) is 2. The fraction of sp³-hybridized carbons (Fsp3) is 0. The normalized spacial score (nSPS) is 9.80. The molecule has 4 heteroatoms. The molecule has 0 aliphatic carbocycles. The van der Waals surface area contributed by atoms with Crippen molar-refractivity contribution in [2.75, 3.05) is 11.5 Å². The van der Waals surface area contributed by atoms with Crippen molar-refractivity contribution in [2.45, 2.75) is 0 Å². The second-order valence-corrected chi connectivity index (χ2v) is 3.40. The maximum absolute atomic E-state index is 5.77. The molecule has 1 aromatic carbocycles. The lowest BCUT2D eigenvalue weighted by Gasteiger charge is -2.02. The van der Waals surface area contributed by atoms with Crippen molar-refractivity contribution in [2.24, 2.45) is 0 Å². The summed E-state index contributed by atoms with van der Waals surface area (Å²) < 4.78 is 0.922. The number of nitrogen functional groups attached to an aromatic ring is 2. The molecule has 0 spiro atoms. The van der Waals surface area contributed by atoms with Crippen molar-refractivity contribution in [3.05, 3.63) is 20.7 Å². The third kappa shape index (κ3) is 1.29. The molecule has 0 aliphatic heterocycles. The smallest absolute Gasteiger partial charge is 0.0789 e. The summed E-state index contributed by atoms with van der Waals surface area (Å²) in [5, 5.41) is 0.542. The number of halogens is 2. The molecule has 0 radical (unpaired) electrons. The van der Waals surface area contributed by atoms with Gasteiger partial charge in [-0.3, -0.25) is 0 Å². The SMILES string of the molecule is Nc1ccc(I)c(Cl)c1N. The third-order valence-electron chi connectivity index (χ3n) is 1.17. The van der Waals surface area contributed by atoms with Gasteiger partial charge in [-0.25, -0.2) is 0 Å². The Bertz CT molecular complexity index is 235. The van der Waals surface area contributed by atoms with Crippen LogP contribution in [0, 0.1) is 3.57 Å². The van der Waals surface area contributed by atoms with Gasteiger partial charge in [-0.2, -0.15) is 0 Å². The summed E-state index contributed by atoms with van der Waals surface area (Å²) in [6.07, 6.45) is 0. The number of benzene rings is 1. The van der Waals surface area contributed by atoms with E-state index in [2.05, 4.69) is 22.6 Å². The molecule has 54 valence electrons. The Morgan fingerprint density at radius 3 is 2.40 bits per heavy atom. The van der Waals surface area contributed by atoms with E-state index >= 15 is 0 Å². The highest BCUT2D eigenvalue weighted by Crippen LogP contribution is 2.29. The van der Waals surface area contributed by atoms with Crippen molar-refractivity contribution in [3.63, 3.8) is 0 Å². The van der Waals surface area contributed by atoms with Gasteiger partial charge in [-0.05, 0) is 34.7 Å². The predicted molar refractivity (Wildman–Crippen MR) is 53.0 cm³/mol. The second-order valence-electron chi connectivity index (χ2n) is 1.86. The quantitative estimate of drug-likeness (QED) is 0.559. The minimum Gasteiger partial charge on any atom is -0.397 e. The molecule has 0 saturated heterocycles. The van der Waals surface area contributed by atoms with Crippen LogP contribution in [0.25, 0.3) is 0 Å². The zero-order valence-corrected chi connectivity index (χ0v) is 7.98. The number of anilines is 2.